The second kappa shape index (κ2) is 7.68. The van der Waals surface area contributed by atoms with Gasteiger partial charge in [-0.05, 0) is 50.2 Å². The van der Waals surface area contributed by atoms with E-state index in [9.17, 15) is 0 Å². The summed E-state index contributed by atoms with van der Waals surface area (Å²) in [6, 6.07) is 14.6. The first-order chi connectivity index (χ1) is 12.4. The van der Waals surface area contributed by atoms with Crippen LogP contribution in [0.4, 0.5) is 0 Å². The molecule has 0 amide bonds. The summed E-state index contributed by atoms with van der Waals surface area (Å²) in [4.78, 5) is 2.51. The van der Waals surface area contributed by atoms with Gasteiger partial charge < -0.3 is 9.73 Å². The maximum atomic E-state index is 5.67. The van der Waals surface area contributed by atoms with Gasteiger partial charge in [-0.3, -0.25) is 4.90 Å². The van der Waals surface area contributed by atoms with Crippen LogP contribution in [-0.2, 0) is 6.54 Å². The maximum Gasteiger partial charge on any atom is 0.122 e. The van der Waals surface area contributed by atoms with Crippen molar-refractivity contribution >= 4 is 0 Å². The molecule has 1 aliphatic heterocycles. The summed E-state index contributed by atoms with van der Waals surface area (Å²) in [6.07, 6.45) is 8.34. The van der Waals surface area contributed by atoms with Crippen molar-refractivity contribution in [1.82, 2.24) is 20.0 Å². The molecule has 5 heteroatoms. The molecule has 0 radical (unpaired) electrons. The maximum absolute atomic E-state index is 5.67. The van der Waals surface area contributed by atoms with Gasteiger partial charge in [-0.25, -0.2) is 4.68 Å². The molecular weight excluding hydrogens is 312 g/mol. The fourth-order valence-electron chi connectivity index (χ4n) is 3.47. The van der Waals surface area contributed by atoms with E-state index in [1.165, 1.54) is 18.4 Å². The standard InChI is InChI=1S/C20H24N4O/c1-2-7-18(8-3-1)24-16-17(14-22-24)13-21-15-19(20-9-6-12-25-20)23-10-4-5-11-23/h1-3,6-9,12,14,16,19,21H,4-5,10-11,13,15H2. The van der Waals surface area contributed by atoms with Crippen molar-refractivity contribution in [3.8, 4) is 5.69 Å². The Morgan fingerprint density at radius 1 is 1.08 bits per heavy atom. The summed E-state index contributed by atoms with van der Waals surface area (Å²) < 4.78 is 7.59. The van der Waals surface area contributed by atoms with Crippen molar-refractivity contribution < 1.29 is 4.42 Å². The zero-order valence-electron chi connectivity index (χ0n) is 14.3. The Balaban J connectivity index is 1.37. The number of nitrogens with one attached hydrogen (secondary N) is 1. The van der Waals surface area contributed by atoms with E-state index in [-0.39, 0.29) is 0 Å². The highest BCUT2D eigenvalue weighted by atomic mass is 16.3. The van der Waals surface area contributed by atoms with E-state index in [1.807, 2.05) is 35.1 Å². The molecule has 1 saturated heterocycles. The number of benzene rings is 1. The molecule has 1 unspecified atom stereocenters. The van der Waals surface area contributed by atoms with E-state index in [1.54, 1.807) is 6.26 Å². The van der Waals surface area contributed by atoms with Gasteiger partial charge in [0.1, 0.15) is 5.76 Å². The molecule has 3 aromatic rings. The van der Waals surface area contributed by atoms with Gasteiger partial charge in [0, 0.05) is 24.8 Å². The monoisotopic (exact) mass is 336 g/mol. The van der Waals surface area contributed by atoms with Crippen molar-refractivity contribution in [3.63, 3.8) is 0 Å². The predicted octanol–water partition coefficient (Wildman–Crippen LogP) is 3.39. The molecule has 25 heavy (non-hydrogen) atoms. The first-order valence-electron chi connectivity index (χ1n) is 8.97. The highest BCUT2D eigenvalue weighted by Crippen LogP contribution is 2.25. The SMILES string of the molecule is c1ccc(-n2cc(CNCC(c3ccco3)N3CCCC3)cn2)cc1. The third-order valence-electron chi connectivity index (χ3n) is 4.78. The van der Waals surface area contributed by atoms with Gasteiger partial charge in [0.25, 0.3) is 0 Å². The quantitative estimate of drug-likeness (QED) is 0.718. The lowest BCUT2D eigenvalue weighted by Gasteiger charge is -2.26. The van der Waals surface area contributed by atoms with Crippen LogP contribution in [-0.4, -0.2) is 34.3 Å². The normalized spacial score (nSPS) is 16.3. The Kier molecular flexibility index (Phi) is 4.95. The van der Waals surface area contributed by atoms with Gasteiger partial charge in [0.05, 0.1) is 24.2 Å². The zero-order valence-corrected chi connectivity index (χ0v) is 14.3. The Morgan fingerprint density at radius 2 is 1.92 bits per heavy atom. The van der Waals surface area contributed by atoms with Crippen LogP contribution in [0, 0.1) is 0 Å². The Morgan fingerprint density at radius 3 is 2.68 bits per heavy atom. The molecule has 0 saturated carbocycles. The van der Waals surface area contributed by atoms with Crippen LogP contribution in [0.25, 0.3) is 5.69 Å². The van der Waals surface area contributed by atoms with Crippen molar-refractivity contribution in [3.05, 3.63) is 72.4 Å². The average molecular weight is 336 g/mol. The number of likely N-dealkylation sites (tertiary alicyclic amines) is 1. The number of hydrogen-bond donors (Lipinski definition) is 1. The van der Waals surface area contributed by atoms with Gasteiger partial charge in [0.15, 0.2) is 0 Å². The smallest absolute Gasteiger partial charge is 0.122 e. The molecule has 4 rings (SSSR count). The molecule has 1 atom stereocenters. The molecule has 3 heterocycles. The molecule has 1 aromatic carbocycles. The molecule has 1 N–H and O–H groups in total. The summed E-state index contributed by atoms with van der Waals surface area (Å²) in [5.41, 5.74) is 2.27. The second-order valence-electron chi connectivity index (χ2n) is 6.53. The van der Waals surface area contributed by atoms with Gasteiger partial charge in [0.2, 0.25) is 0 Å². The lowest BCUT2D eigenvalue weighted by molar-refractivity contribution is 0.209. The molecule has 0 bridgehead atoms. The molecule has 130 valence electrons. The number of hydrogen-bond acceptors (Lipinski definition) is 4. The van der Waals surface area contributed by atoms with Crippen LogP contribution >= 0.6 is 0 Å². The molecule has 0 spiro atoms. The van der Waals surface area contributed by atoms with E-state index in [2.05, 4.69) is 39.7 Å². The zero-order chi connectivity index (χ0) is 16.9. The molecule has 5 nitrogen and oxygen atoms in total. The summed E-state index contributed by atoms with van der Waals surface area (Å²) in [5, 5.41) is 8.04. The molecule has 1 aliphatic rings. The summed E-state index contributed by atoms with van der Waals surface area (Å²) >= 11 is 0. The summed E-state index contributed by atoms with van der Waals surface area (Å²) in [5.74, 6) is 1.05. The topological polar surface area (TPSA) is 46.2 Å². The molecular formula is C20H24N4O. The van der Waals surface area contributed by atoms with E-state index >= 15 is 0 Å². The lowest BCUT2D eigenvalue weighted by Crippen LogP contribution is -2.33. The van der Waals surface area contributed by atoms with Crippen LogP contribution in [0.3, 0.4) is 0 Å². The van der Waals surface area contributed by atoms with Gasteiger partial charge in [-0.15, -0.1) is 0 Å². The molecule has 1 fully saturated rings. The van der Waals surface area contributed by atoms with Crippen molar-refractivity contribution in [2.75, 3.05) is 19.6 Å². The van der Waals surface area contributed by atoms with Gasteiger partial charge >= 0.3 is 0 Å². The first kappa shape index (κ1) is 16.1. The Labute approximate surface area is 148 Å². The third-order valence-corrected chi connectivity index (χ3v) is 4.78. The fraction of sp³-hybridized carbons (Fsp3) is 0.350. The van der Waals surface area contributed by atoms with Crippen molar-refractivity contribution in [2.45, 2.75) is 25.4 Å². The first-order valence-corrected chi connectivity index (χ1v) is 8.97. The fourth-order valence-corrected chi connectivity index (χ4v) is 3.47. The second-order valence-corrected chi connectivity index (χ2v) is 6.53. The highest BCUT2D eigenvalue weighted by molar-refractivity contribution is 5.30. The number of furan rings is 1. The lowest BCUT2D eigenvalue weighted by atomic mass is 10.2. The number of aromatic nitrogens is 2. The van der Waals surface area contributed by atoms with Crippen LogP contribution < -0.4 is 5.32 Å². The van der Waals surface area contributed by atoms with Gasteiger partial charge in [-0.2, -0.15) is 5.10 Å². The highest BCUT2D eigenvalue weighted by Gasteiger charge is 2.25. The van der Waals surface area contributed by atoms with E-state index in [4.69, 9.17) is 4.42 Å². The van der Waals surface area contributed by atoms with Crippen LogP contribution in [0.5, 0.6) is 0 Å². The minimum absolute atomic E-state index is 0.307. The van der Waals surface area contributed by atoms with Crippen LogP contribution in [0.2, 0.25) is 0 Å². The van der Waals surface area contributed by atoms with Crippen molar-refractivity contribution in [1.29, 1.82) is 0 Å². The Bertz CT molecular complexity index is 760. The summed E-state index contributed by atoms with van der Waals surface area (Å²) in [7, 11) is 0. The minimum atomic E-state index is 0.307. The Hall–Kier alpha value is -2.37. The molecule has 2 aromatic heterocycles. The number of nitrogens with zero attached hydrogens (tertiary/aromatic N) is 3. The largest absolute Gasteiger partial charge is 0.468 e. The minimum Gasteiger partial charge on any atom is -0.468 e. The van der Waals surface area contributed by atoms with E-state index in [0.29, 0.717) is 6.04 Å². The van der Waals surface area contributed by atoms with Gasteiger partial charge in [-0.1, -0.05) is 18.2 Å². The summed E-state index contributed by atoms with van der Waals surface area (Å²) in [6.45, 7) is 3.99. The van der Waals surface area contributed by atoms with Crippen LogP contribution in [0.15, 0.2) is 65.5 Å². The third kappa shape index (κ3) is 3.83. The number of para-hydroxylation sites is 1. The van der Waals surface area contributed by atoms with E-state index in [0.717, 1.165) is 37.6 Å². The van der Waals surface area contributed by atoms with Crippen molar-refractivity contribution in [2.24, 2.45) is 0 Å². The number of rotatable bonds is 7. The van der Waals surface area contributed by atoms with E-state index < -0.39 is 0 Å². The molecule has 0 aliphatic carbocycles. The predicted molar refractivity (Wildman–Crippen MR) is 97.5 cm³/mol. The average Bonchev–Trinajstić information content (AvgIpc) is 3.42. The van der Waals surface area contributed by atoms with Crippen LogP contribution in [0.1, 0.15) is 30.2 Å².